The third-order valence-electron chi connectivity index (χ3n) is 13.8. The van der Waals surface area contributed by atoms with Crippen molar-refractivity contribution in [1.82, 2.24) is 15.0 Å². The van der Waals surface area contributed by atoms with E-state index in [4.69, 9.17) is 19.4 Å². The van der Waals surface area contributed by atoms with Crippen LogP contribution in [0, 0.1) is 5.82 Å². The van der Waals surface area contributed by atoms with Gasteiger partial charge in [0.2, 0.25) is 0 Å². The quantitative estimate of drug-likeness (QED) is 0.116. The van der Waals surface area contributed by atoms with E-state index in [1.54, 1.807) is 0 Å². The molecule has 4 nitrogen and oxygen atoms in total. The first-order valence-corrected chi connectivity index (χ1v) is 23.6. The fourth-order valence-electron chi connectivity index (χ4n) is 10.00. The molecule has 0 aliphatic rings. The molecule has 0 N–H and O–H groups in total. The van der Waals surface area contributed by atoms with E-state index in [2.05, 4.69) is 157 Å². The molecule has 0 aliphatic carbocycles. The standard InChI is InChI=1S/C63H56FN3O/c1-61(2,48-25-30-55(65-39-48)45-17-10-7-11-18-45)36-42-33-43(37-62(3,4)49-26-31-56(66-40-49)46-19-12-8-13-20-46)35-44(34-42)38-63(5,6)50-27-32-57(67-41-50)53-24-16-23-51-52-28-29-54(64)58(60(52)68-59(51)53)47-21-14-9-15-22-47/h7-35,39-41H,36-38H2,1-6H3. The van der Waals surface area contributed by atoms with Crippen LogP contribution in [0.4, 0.5) is 4.39 Å². The first kappa shape index (κ1) is 44.3. The Balaban J connectivity index is 0.954. The molecule has 6 aromatic carbocycles. The Morgan fingerprint density at radius 1 is 0.397 bits per heavy atom. The van der Waals surface area contributed by atoms with Gasteiger partial charge in [0.05, 0.1) is 22.6 Å². The van der Waals surface area contributed by atoms with Crippen molar-refractivity contribution in [2.75, 3.05) is 0 Å². The van der Waals surface area contributed by atoms with Crippen LogP contribution in [0.2, 0.25) is 0 Å². The topological polar surface area (TPSA) is 51.8 Å². The van der Waals surface area contributed by atoms with Crippen molar-refractivity contribution in [3.8, 4) is 44.9 Å². The van der Waals surface area contributed by atoms with Gasteiger partial charge in [-0.2, -0.15) is 0 Å². The number of halogens is 1. The van der Waals surface area contributed by atoms with E-state index in [-0.39, 0.29) is 22.1 Å². The molecular weight excluding hydrogens is 834 g/mol. The van der Waals surface area contributed by atoms with Gasteiger partial charge < -0.3 is 4.42 Å². The summed E-state index contributed by atoms with van der Waals surface area (Å²) in [6.45, 7) is 13.9. The highest BCUT2D eigenvalue weighted by atomic mass is 19.1. The van der Waals surface area contributed by atoms with Crippen molar-refractivity contribution < 1.29 is 8.81 Å². The minimum atomic E-state index is -0.309. The maximum absolute atomic E-state index is 15.4. The van der Waals surface area contributed by atoms with Gasteiger partial charge in [0, 0.05) is 46.1 Å². The number of hydrogen-bond acceptors (Lipinski definition) is 4. The third-order valence-corrected chi connectivity index (χ3v) is 13.8. The van der Waals surface area contributed by atoms with E-state index in [0.29, 0.717) is 16.7 Å². The number of aromatic nitrogens is 3. The summed E-state index contributed by atoms with van der Waals surface area (Å²) in [7, 11) is 0. The van der Waals surface area contributed by atoms with Crippen LogP contribution in [-0.2, 0) is 35.5 Å². The molecule has 0 aliphatic heterocycles. The van der Waals surface area contributed by atoms with E-state index < -0.39 is 0 Å². The summed E-state index contributed by atoms with van der Waals surface area (Å²) >= 11 is 0. The lowest BCUT2D eigenvalue weighted by molar-refractivity contribution is 0.505. The normalized spacial score (nSPS) is 12.2. The monoisotopic (exact) mass is 889 g/mol. The molecule has 0 unspecified atom stereocenters. The molecule has 4 heterocycles. The Labute approximate surface area is 399 Å². The molecule has 0 atom stereocenters. The summed E-state index contributed by atoms with van der Waals surface area (Å²) in [4.78, 5) is 14.9. The zero-order valence-electron chi connectivity index (χ0n) is 39.7. The van der Waals surface area contributed by atoms with Crippen LogP contribution < -0.4 is 0 Å². The zero-order chi connectivity index (χ0) is 47.0. The second-order valence-electron chi connectivity index (χ2n) is 20.3. The molecule has 0 spiro atoms. The average Bonchev–Trinajstić information content (AvgIpc) is 3.73. The number of rotatable bonds is 13. The number of nitrogens with zero attached hydrogens (tertiary/aromatic N) is 3. The molecule has 0 radical (unpaired) electrons. The van der Waals surface area contributed by atoms with Gasteiger partial charge in [-0.25, -0.2) is 4.39 Å². The maximum atomic E-state index is 15.4. The summed E-state index contributed by atoms with van der Waals surface area (Å²) in [5, 5.41) is 1.81. The van der Waals surface area contributed by atoms with Crippen LogP contribution in [0.3, 0.4) is 0 Å². The van der Waals surface area contributed by atoms with Gasteiger partial charge in [-0.05, 0) is 111 Å². The molecular formula is C63H56FN3O. The van der Waals surface area contributed by atoms with Crippen molar-refractivity contribution in [2.45, 2.75) is 77.0 Å². The summed E-state index contributed by atoms with van der Waals surface area (Å²) in [6, 6.07) is 60.1. The van der Waals surface area contributed by atoms with Crippen LogP contribution in [0.25, 0.3) is 66.8 Å². The molecule has 336 valence electrons. The highest BCUT2D eigenvalue weighted by Crippen LogP contribution is 2.41. The van der Waals surface area contributed by atoms with Crippen LogP contribution in [0.15, 0.2) is 199 Å². The Kier molecular flexibility index (Phi) is 11.7. The highest BCUT2D eigenvalue weighted by Gasteiger charge is 2.28. The molecule has 10 aromatic rings. The van der Waals surface area contributed by atoms with Crippen LogP contribution in [0.1, 0.15) is 74.9 Å². The predicted octanol–water partition coefficient (Wildman–Crippen LogP) is 16.1. The summed E-state index contributed by atoms with van der Waals surface area (Å²) < 4.78 is 22.0. The van der Waals surface area contributed by atoms with Gasteiger partial charge in [-0.3, -0.25) is 15.0 Å². The second kappa shape index (κ2) is 18.0. The van der Waals surface area contributed by atoms with E-state index in [1.807, 2.05) is 72.9 Å². The smallest absolute Gasteiger partial charge is 0.146 e. The Morgan fingerprint density at radius 3 is 1.24 bits per heavy atom. The number of pyridine rings is 3. The van der Waals surface area contributed by atoms with Gasteiger partial charge in [-0.15, -0.1) is 0 Å². The fraction of sp³-hybridized carbons (Fsp3) is 0.190. The molecule has 5 heteroatoms. The SMILES string of the molecule is CC(C)(Cc1cc(CC(C)(C)c2ccc(-c3ccccc3)nc2)cc(CC(C)(C)c2ccc(-c3cccc4c3oc3c(-c5ccccc5)c(F)ccc34)nc2)c1)c1ccc(-c2ccccc2)nc1. The first-order chi connectivity index (χ1) is 32.8. The van der Waals surface area contributed by atoms with Gasteiger partial charge in [0.15, 0.2) is 0 Å². The number of fused-ring (bicyclic) bond motifs is 3. The number of benzene rings is 6. The third kappa shape index (κ3) is 9.01. The van der Waals surface area contributed by atoms with E-state index in [0.717, 1.165) is 74.9 Å². The molecule has 0 saturated heterocycles. The lowest BCUT2D eigenvalue weighted by atomic mass is 9.75. The number of furan rings is 1. The van der Waals surface area contributed by atoms with Crippen molar-refractivity contribution in [2.24, 2.45) is 0 Å². The van der Waals surface area contributed by atoms with Gasteiger partial charge in [0.25, 0.3) is 0 Å². The van der Waals surface area contributed by atoms with Crippen molar-refractivity contribution in [3.63, 3.8) is 0 Å². The van der Waals surface area contributed by atoms with Crippen LogP contribution >= 0.6 is 0 Å². The Bertz CT molecular complexity index is 3240. The van der Waals surface area contributed by atoms with E-state index >= 15 is 4.39 Å². The molecule has 10 rings (SSSR count). The lowest BCUT2D eigenvalue weighted by Crippen LogP contribution is -2.24. The molecule has 0 fully saturated rings. The summed E-state index contributed by atoms with van der Waals surface area (Å²) in [6.07, 6.45) is 8.66. The van der Waals surface area contributed by atoms with E-state index in [1.165, 1.54) is 33.9 Å². The first-order valence-electron chi connectivity index (χ1n) is 23.6. The maximum Gasteiger partial charge on any atom is 0.146 e. The largest absolute Gasteiger partial charge is 0.455 e. The lowest BCUT2D eigenvalue weighted by Gasteiger charge is -2.30. The molecule has 68 heavy (non-hydrogen) atoms. The molecule has 4 aromatic heterocycles. The van der Waals surface area contributed by atoms with Crippen LogP contribution in [0.5, 0.6) is 0 Å². The highest BCUT2D eigenvalue weighted by molar-refractivity contribution is 6.12. The Hall–Kier alpha value is -7.50. The molecule has 0 amide bonds. The Morgan fingerprint density at radius 2 is 0.809 bits per heavy atom. The van der Waals surface area contributed by atoms with Gasteiger partial charge >= 0.3 is 0 Å². The van der Waals surface area contributed by atoms with E-state index in [9.17, 15) is 0 Å². The minimum absolute atomic E-state index is 0.167. The van der Waals surface area contributed by atoms with Gasteiger partial charge in [0.1, 0.15) is 17.0 Å². The fourth-order valence-corrected chi connectivity index (χ4v) is 10.00. The molecule has 0 bridgehead atoms. The minimum Gasteiger partial charge on any atom is -0.455 e. The van der Waals surface area contributed by atoms with Crippen molar-refractivity contribution in [1.29, 1.82) is 0 Å². The summed E-state index contributed by atoms with van der Waals surface area (Å²) in [5.41, 5.74) is 15.3. The average molecular weight is 890 g/mol. The van der Waals surface area contributed by atoms with Crippen molar-refractivity contribution >= 4 is 21.9 Å². The zero-order valence-corrected chi connectivity index (χ0v) is 39.7. The predicted molar refractivity (Wildman–Crippen MR) is 278 cm³/mol. The van der Waals surface area contributed by atoms with Crippen molar-refractivity contribution in [3.05, 3.63) is 234 Å². The van der Waals surface area contributed by atoms with Gasteiger partial charge in [-0.1, -0.05) is 181 Å². The summed E-state index contributed by atoms with van der Waals surface area (Å²) in [5.74, 6) is -0.309. The second-order valence-corrected chi connectivity index (χ2v) is 20.3. The molecule has 0 saturated carbocycles. The number of para-hydroxylation sites is 1. The van der Waals surface area contributed by atoms with Crippen LogP contribution in [-0.4, -0.2) is 15.0 Å². The number of hydrogen-bond donors (Lipinski definition) is 0.